The summed E-state index contributed by atoms with van der Waals surface area (Å²) in [7, 11) is 0. The standard InChI is InChI=1S/C20H13Cl3F6N2O2/c21-12-4-2-9(6-11(12)17(32)30-7-19(27,28)29)31-18(33)15-14(20(15,22)23)8-1-3-10(16(25)26)13(24)5-8/h1-6,14-16H,7H2,(H,30,32)(H,31,33)/t14-,15+/m0/s1. The number of hydrogen-bond acceptors (Lipinski definition) is 2. The third kappa shape index (κ3) is 5.67. The SMILES string of the molecule is O=C(NCC(F)(F)F)c1cc(NC(=O)[C@H]2[C@H](c3ccc(C(F)F)c(F)c3)C2(Cl)Cl)ccc1Cl. The first-order valence-corrected chi connectivity index (χ1v) is 10.3. The monoisotopic (exact) mass is 532 g/mol. The Morgan fingerprint density at radius 3 is 2.33 bits per heavy atom. The molecule has 0 spiro atoms. The lowest BCUT2D eigenvalue weighted by molar-refractivity contribution is -0.123. The van der Waals surface area contributed by atoms with E-state index in [0.717, 1.165) is 18.2 Å². The molecular formula is C20H13Cl3F6N2O2. The van der Waals surface area contributed by atoms with Gasteiger partial charge in [-0.05, 0) is 29.8 Å². The zero-order valence-corrected chi connectivity index (χ0v) is 18.4. The molecule has 3 rings (SSSR count). The van der Waals surface area contributed by atoms with Crippen LogP contribution >= 0.6 is 34.8 Å². The van der Waals surface area contributed by atoms with Gasteiger partial charge in [0.2, 0.25) is 5.91 Å². The van der Waals surface area contributed by atoms with Crippen LogP contribution in [0.15, 0.2) is 36.4 Å². The number of rotatable bonds is 6. The van der Waals surface area contributed by atoms with Crippen molar-refractivity contribution in [3.8, 4) is 0 Å². The molecule has 1 aliphatic rings. The molecule has 4 nitrogen and oxygen atoms in total. The van der Waals surface area contributed by atoms with Crippen molar-refractivity contribution >= 4 is 52.3 Å². The summed E-state index contributed by atoms with van der Waals surface area (Å²) in [6.45, 7) is -1.58. The maximum atomic E-state index is 13.9. The van der Waals surface area contributed by atoms with Crippen LogP contribution in [0.2, 0.25) is 5.02 Å². The molecule has 13 heteroatoms. The Labute approximate surface area is 198 Å². The van der Waals surface area contributed by atoms with Gasteiger partial charge in [0.25, 0.3) is 12.3 Å². The van der Waals surface area contributed by atoms with Crippen LogP contribution in [0.3, 0.4) is 0 Å². The maximum absolute atomic E-state index is 13.9. The number of anilines is 1. The third-order valence-corrected chi connectivity index (χ3v) is 6.15. The summed E-state index contributed by atoms with van der Waals surface area (Å²) in [4.78, 5) is 24.7. The highest BCUT2D eigenvalue weighted by atomic mass is 35.5. The lowest BCUT2D eigenvalue weighted by Gasteiger charge is -2.11. The first-order chi connectivity index (χ1) is 15.2. The summed E-state index contributed by atoms with van der Waals surface area (Å²) in [5.74, 6) is -5.05. The second kappa shape index (κ2) is 9.23. The van der Waals surface area contributed by atoms with E-state index in [1.807, 2.05) is 0 Å². The topological polar surface area (TPSA) is 58.2 Å². The van der Waals surface area contributed by atoms with Gasteiger partial charge < -0.3 is 10.6 Å². The minimum atomic E-state index is -4.63. The molecular weight excluding hydrogens is 521 g/mol. The molecule has 33 heavy (non-hydrogen) atoms. The van der Waals surface area contributed by atoms with E-state index in [1.165, 1.54) is 18.2 Å². The van der Waals surface area contributed by atoms with E-state index >= 15 is 0 Å². The molecule has 1 fully saturated rings. The van der Waals surface area contributed by atoms with Gasteiger partial charge in [-0.2, -0.15) is 13.2 Å². The Balaban J connectivity index is 1.75. The molecule has 2 atom stereocenters. The molecule has 0 aliphatic heterocycles. The molecule has 2 aromatic rings. The average Bonchev–Trinajstić information content (AvgIpc) is 3.28. The zero-order valence-electron chi connectivity index (χ0n) is 16.1. The van der Waals surface area contributed by atoms with E-state index in [9.17, 15) is 35.9 Å². The second-order valence-corrected chi connectivity index (χ2v) is 9.04. The molecule has 0 unspecified atom stereocenters. The van der Waals surface area contributed by atoms with Gasteiger partial charge >= 0.3 is 6.18 Å². The summed E-state index contributed by atoms with van der Waals surface area (Å²) in [5, 5.41) is 3.92. The molecule has 0 aromatic heterocycles. The Kier molecular flexibility index (Phi) is 7.12. The van der Waals surface area contributed by atoms with Crippen molar-refractivity contribution in [1.29, 1.82) is 0 Å². The Morgan fingerprint density at radius 1 is 1.09 bits per heavy atom. The van der Waals surface area contributed by atoms with E-state index in [1.54, 1.807) is 5.32 Å². The summed E-state index contributed by atoms with van der Waals surface area (Å²) in [5.41, 5.74) is -0.993. The fourth-order valence-electron chi connectivity index (χ4n) is 3.25. The zero-order chi connectivity index (χ0) is 24.7. The van der Waals surface area contributed by atoms with Crippen molar-refractivity contribution in [3.05, 3.63) is 63.9 Å². The normalized spacial score (nSPS) is 19.3. The predicted octanol–water partition coefficient (Wildman–Crippen LogP) is 6.23. The number of halogens is 9. The molecule has 2 N–H and O–H groups in total. The molecule has 2 aromatic carbocycles. The van der Waals surface area contributed by atoms with Gasteiger partial charge in [-0.25, -0.2) is 13.2 Å². The van der Waals surface area contributed by atoms with Gasteiger partial charge in [0.15, 0.2) is 0 Å². The van der Waals surface area contributed by atoms with E-state index in [2.05, 4.69) is 5.32 Å². The predicted molar refractivity (Wildman–Crippen MR) is 110 cm³/mol. The minimum Gasteiger partial charge on any atom is -0.343 e. The van der Waals surface area contributed by atoms with Gasteiger partial charge in [0.1, 0.15) is 16.7 Å². The van der Waals surface area contributed by atoms with Crippen molar-refractivity contribution in [2.24, 2.45) is 5.92 Å². The third-order valence-electron chi connectivity index (χ3n) is 4.88. The van der Waals surface area contributed by atoms with Crippen LogP contribution < -0.4 is 10.6 Å². The number of benzene rings is 2. The molecule has 1 aliphatic carbocycles. The highest BCUT2D eigenvalue weighted by Gasteiger charge is 2.67. The van der Waals surface area contributed by atoms with Gasteiger partial charge in [-0.1, -0.05) is 23.7 Å². The number of carbonyl (C=O) groups is 2. The van der Waals surface area contributed by atoms with Crippen LogP contribution in [0.5, 0.6) is 0 Å². The Hall–Kier alpha value is -2.17. The highest BCUT2D eigenvalue weighted by molar-refractivity contribution is 6.53. The smallest absolute Gasteiger partial charge is 0.343 e. The first kappa shape index (κ1) is 25.5. The van der Waals surface area contributed by atoms with Crippen molar-refractivity contribution in [2.75, 3.05) is 11.9 Å². The van der Waals surface area contributed by atoms with Crippen LogP contribution in [0.25, 0.3) is 0 Å². The fraction of sp³-hybridized carbons (Fsp3) is 0.300. The Bertz CT molecular complexity index is 1090. The minimum absolute atomic E-state index is 0.00979. The van der Waals surface area contributed by atoms with E-state index < -0.39 is 58.5 Å². The number of amides is 2. The first-order valence-electron chi connectivity index (χ1n) is 9.13. The van der Waals surface area contributed by atoms with Gasteiger partial charge in [0.05, 0.1) is 22.1 Å². The highest BCUT2D eigenvalue weighted by Crippen LogP contribution is 2.65. The van der Waals surface area contributed by atoms with Gasteiger partial charge in [-0.3, -0.25) is 9.59 Å². The molecule has 0 heterocycles. The molecule has 2 amide bonds. The van der Waals surface area contributed by atoms with Crippen molar-refractivity contribution < 1.29 is 35.9 Å². The van der Waals surface area contributed by atoms with Gasteiger partial charge in [0, 0.05) is 11.6 Å². The lowest BCUT2D eigenvalue weighted by atomic mass is 10.1. The number of alkyl halides is 7. The summed E-state index contributed by atoms with van der Waals surface area (Å²) < 4.78 is 74.7. The molecule has 178 valence electrons. The van der Waals surface area contributed by atoms with Crippen LogP contribution in [0, 0.1) is 11.7 Å². The molecule has 0 saturated heterocycles. The van der Waals surface area contributed by atoms with Crippen molar-refractivity contribution in [2.45, 2.75) is 22.9 Å². The summed E-state index contributed by atoms with van der Waals surface area (Å²) >= 11 is 18.2. The number of nitrogens with one attached hydrogen (secondary N) is 2. The van der Waals surface area contributed by atoms with Gasteiger partial charge in [-0.15, -0.1) is 23.2 Å². The van der Waals surface area contributed by atoms with Crippen molar-refractivity contribution in [3.63, 3.8) is 0 Å². The Morgan fingerprint density at radius 2 is 1.76 bits per heavy atom. The maximum Gasteiger partial charge on any atom is 0.405 e. The number of carbonyl (C=O) groups excluding carboxylic acids is 2. The lowest BCUT2D eigenvalue weighted by Crippen LogP contribution is -2.33. The van der Waals surface area contributed by atoms with Crippen LogP contribution in [-0.4, -0.2) is 28.9 Å². The van der Waals surface area contributed by atoms with Crippen molar-refractivity contribution in [1.82, 2.24) is 5.32 Å². The largest absolute Gasteiger partial charge is 0.405 e. The molecule has 0 radical (unpaired) electrons. The van der Waals surface area contributed by atoms with E-state index in [-0.39, 0.29) is 21.8 Å². The summed E-state index contributed by atoms with van der Waals surface area (Å²) in [6, 6.07) is 6.43. The average molecular weight is 534 g/mol. The van der Waals surface area contributed by atoms with Crippen LogP contribution in [0.4, 0.5) is 32.0 Å². The molecule has 1 saturated carbocycles. The quantitative estimate of drug-likeness (QED) is 0.341. The van der Waals surface area contributed by atoms with E-state index in [0.29, 0.717) is 0 Å². The van der Waals surface area contributed by atoms with Crippen LogP contribution in [-0.2, 0) is 4.79 Å². The second-order valence-electron chi connectivity index (χ2n) is 7.19. The molecule has 0 bridgehead atoms. The fourth-order valence-corrected chi connectivity index (χ4v) is 4.29. The van der Waals surface area contributed by atoms with E-state index in [4.69, 9.17) is 34.8 Å². The number of hydrogen-bond donors (Lipinski definition) is 2. The van der Waals surface area contributed by atoms with Crippen LogP contribution in [0.1, 0.15) is 33.8 Å². The summed E-state index contributed by atoms with van der Waals surface area (Å²) in [6.07, 6.45) is -7.66.